The van der Waals surface area contributed by atoms with E-state index in [1.54, 1.807) is 24.8 Å². The molecular formula is C11H12N2O. The van der Waals surface area contributed by atoms with Gasteiger partial charge in [-0.2, -0.15) is 0 Å². The van der Waals surface area contributed by atoms with E-state index in [1.165, 1.54) is 11.1 Å². The van der Waals surface area contributed by atoms with Crippen molar-refractivity contribution in [2.45, 2.75) is 0 Å². The maximum absolute atomic E-state index is 7.00. The molecule has 1 N–H and O–H groups in total. The van der Waals surface area contributed by atoms with Crippen LogP contribution in [-0.4, -0.2) is 22.2 Å². The lowest BCUT2D eigenvalue weighted by Crippen LogP contribution is -1.77. The summed E-state index contributed by atoms with van der Waals surface area (Å²) in [4.78, 5) is 7.91. The Morgan fingerprint density at radius 3 is 1.29 bits per heavy atom. The van der Waals surface area contributed by atoms with Crippen LogP contribution in [0.25, 0.3) is 11.1 Å². The second-order valence-electron chi connectivity index (χ2n) is 2.47. The Morgan fingerprint density at radius 1 is 0.714 bits per heavy atom. The van der Waals surface area contributed by atoms with E-state index in [0.29, 0.717) is 0 Å². The van der Waals surface area contributed by atoms with Gasteiger partial charge < -0.3 is 5.11 Å². The number of pyridine rings is 2. The number of aromatic nitrogens is 2. The van der Waals surface area contributed by atoms with Crippen LogP contribution in [0.5, 0.6) is 0 Å². The third kappa shape index (κ3) is 2.64. The van der Waals surface area contributed by atoms with E-state index in [9.17, 15) is 0 Å². The molecule has 0 unspecified atom stereocenters. The second kappa shape index (κ2) is 5.83. The van der Waals surface area contributed by atoms with Crippen LogP contribution >= 0.6 is 0 Å². The van der Waals surface area contributed by atoms with Crippen LogP contribution in [0.4, 0.5) is 0 Å². The Kier molecular flexibility index (Phi) is 4.31. The Balaban J connectivity index is 0.000000461. The van der Waals surface area contributed by atoms with Crippen LogP contribution in [-0.2, 0) is 0 Å². The number of rotatable bonds is 1. The number of aliphatic hydroxyl groups excluding tert-OH is 1. The summed E-state index contributed by atoms with van der Waals surface area (Å²) in [6, 6.07) is 7.93. The molecule has 72 valence electrons. The van der Waals surface area contributed by atoms with Gasteiger partial charge in [0.05, 0.1) is 0 Å². The minimum Gasteiger partial charge on any atom is -0.400 e. The van der Waals surface area contributed by atoms with Crippen LogP contribution in [0.2, 0.25) is 0 Å². The van der Waals surface area contributed by atoms with Crippen LogP contribution in [0.1, 0.15) is 0 Å². The first-order valence-electron chi connectivity index (χ1n) is 4.22. The first kappa shape index (κ1) is 10.3. The van der Waals surface area contributed by atoms with Crippen LogP contribution in [0.3, 0.4) is 0 Å². The molecule has 2 heterocycles. The van der Waals surface area contributed by atoms with Crippen molar-refractivity contribution in [3.8, 4) is 11.1 Å². The molecule has 0 aliphatic carbocycles. The van der Waals surface area contributed by atoms with Crippen molar-refractivity contribution in [3.05, 3.63) is 49.1 Å². The van der Waals surface area contributed by atoms with Gasteiger partial charge in [0.15, 0.2) is 0 Å². The van der Waals surface area contributed by atoms with Crippen molar-refractivity contribution in [2.75, 3.05) is 7.11 Å². The molecule has 0 aliphatic rings. The van der Waals surface area contributed by atoms with E-state index in [4.69, 9.17) is 5.11 Å². The molecule has 0 radical (unpaired) electrons. The summed E-state index contributed by atoms with van der Waals surface area (Å²) in [5.41, 5.74) is 2.35. The predicted octanol–water partition coefficient (Wildman–Crippen LogP) is 1.75. The minimum atomic E-state index is 1.00. The molecule has 14 heavy (non-hydrogen) atoms. The fraction of sp³-hybridized carbons (Fsp3) is 0.0909. The highest BCUT2D eigenvalue weighted by molar-refractivity contribution is 5.61. The van der Waals surface area contributed by atoms with Crippen molar-refractivity contribution in [2.24, 2.45) is 0 Å². The largest absolute Gasteiger partial charge is 0.400 e. The van der Waals surface area contributed by atoms with Gasteiger partial charge in [0.1, 0.15) is 0 Å². The zero-order valence-electron chi connectivity index (χ0n) is 7.96. The lowest BCUT2D eigenvalue weighted by Gasteiger charge is -1.97. The number of nitrogens with zero attached hydrogens (tertiary/aromatic N) is 2. The van der Waals surface area contributed by atoms with Gasteiger partial charge >= 0.3 is 0 Å². The Labute approximate surface area is 83.1 Å². The van der Waals surface area contributed by atoms with Gasteiger partial charge in [-0.3, -0.25) is 9.97 Å². The summed E-state index contributed by atoms with van der Waals surface area (Å²) < 4.78 is 0. The van der Waals surface area contributed by atoms with Crippen molar-refractivity contribution in [1.29, 1.82) is 0 Å². The number of hydrogen-bond donors (Lipinski definition) is 1. The molecule has 0 bridgehead atoms. The SMILES string of the molecule is CO.c1cc(-c2ccncc2)ccn1. The maximum Gasteiger partial charge on any atom is 0.0319 e. The summed E-state index contributed by atoms with van der Waals surface area (Å²) in [5, 5.41) is 7.00. The monoisotopic (exact) mass is 188 g/mol. The van der Waals surface area contributed by atoms with Crippen LogP contribution in [0.15, 0.2) is 49.1 Å². The van der Waals surface area contributed by atoms with Crippen molar-refractivity contribution >= 4 is 0 Å². The molecule has 2 rings (SSSR count). The number of aliphatic hydroxyl groups is 1. The predicted molar refractivity (Wildman–Crippen MR) is 55.6 cm³/mol. The fourth-order valence-electron chi connectivity index (χ4n) is 1.09. The average molecular weight is 188 g/mol. The smallest absolute Gasteiger partial charge is 0.0319 e. The first-order valence-corrected chi connectivity index (χ1v) is 4.22. The quantitative estimate of drug-likeness (QED) is 0.741. The van der Waals surface area contributed by atoms with Gasteiger partial charge in [0.25, 0.3) is 0 Å². The highest BCUT2D eigenvalue weighted by atomic mass is 16.2. The third-order valence-corrected chi connectivity index (χ3v) is 1.69. The van der Waals surface area contributed by atoms with Gasteiger partial charge in [-0.05, 0) is 35.4 Å². The van der Waals surface area contributed by atoms with Crippen molar-refractivity contribution in [3.63, 3.8) is 0 Å². The molecule has 0 saturated carbocycles. The summed E-state index contributed by atoms with van der Waals surface area (Å²) in [6.45, 7) is 0. The normalized spacial score (nSPS) is 8.71. The Hall–Kier alpha value is -1.74. The molecule has 0 amide bonds. The lowest BCUT2D eigenvalue weighted by molar-refractivity contribution is 0.399. The van der Waals surface area contributed by atoms with E-state index in [1.807, 2.05) is 24.3 Å². The highest BCUT2D eigenvalue weighted by Crippen LogP contribution is 2.15. The summed E-state index contributed by atoms with van der Waals surface area (Å²) in [6.07, 6.45) is 7.15. The fourth-order valence-corrected chi connectivity index (χ4v) is 1.09. The molecule has 0 aliphatic heterocycles. The number of hydrogen-bond acceptors (Lipinski definition) is 3. The van der Waals surface area contributed by atoms with E-state index in [2.05, 4.69) is 9.97 Å². The molecule has 0 fully saturated rings. The summed E-state index contributed by atoms with van der Waals surface area (Å²) in [7, 11) is 1.00. The average Bonchev–Trinajstić information content (AvgIpc) is 2.34. The molecule has 0 saturated heterocycles. The molecule has 3 nitrogen and oxygen atoms in total. The summed E-state index contributed by atoms with van der Waals surface area (Å²) in [5.74, 6) is 0. The first-order chi connectivity index (χ1) is 6.97. The lowest BCUT2D eigenvalue weighted by atomic mass is 10.1. The molecule has 0 spiro atoms. The van der Waals surface area contributed by atoms with Crippen LogP contribution < -0.4 is 0 Å². The zero-order chi connectivity index (χ0) is 10.2. The Bertz CT molecular complexity index is 311. The van der Waals surface area contributed by atoms with E-state index in [0.717, 1.165) is 7.11 Å². The summed E-state index contributed by atoms with van der Waals surface area (Å²) >= 11 is 0. The molecule has 3 heteroatoms. The highest BCUT2D eigenvalue weighted by Gasteiger charge is 1.92. The van der Waals surface area contributed by atoms with Crippen molar-refractivity contribution < 1.29 is 5.11 Å². The molecule has 2 aromatic heterocycles. The van der Waals surface area contributed by atoms with Gasteiger partial charge in [-0.15, -0.1) is 0 Å². The molecule has 0 aromatic carbocycles. The van der Waals surface area contributed by atoms with Gasteiger partial charge in [-0.1, -0.05) is 0 Å². The topological polar surface area (TPSA) is 46.0 Å². The van der Waals surface area contributed by atoms with Gasteiger partial charge in [-0.25, -0.2) is 0 Å². The van der Waals surface area contributed by atoms with E-state index in [-0.39, 0.29) is 0 Å². The Morgan fingerprint density at radius 2 is 1.00 bits per heavy atom. The van der Waals surface area contributed by atoms with Crippen LogP contribution in [0, 0.1) is 0 Å². The molecular weight excluding hydrogens is 176 g/mol. The molecule has 0 atom stereocenters. The van der Waals surface area contributed by atoms with Gasteiger partial charge in [0, 0.05) is 31.9 Å². The van der Waals surface area contributed by atoms with Crippen molar-refractivity contribution in [1.82, 2.24) is 9.97 Å². The van der Waals surface area contributed by atoms with E-state index >= 15 is 0 Å². The van der Waals surface area contributed by atoms with E-state index < -0.39 is 0 Å². The second-order valence-corrected chi connectivity index (χ2v) is 2.47. The maximum atomic E-state index is 7.00. The standard InChI is InChI=1S/C10H8N2.CH4O/c1-5-11-6-2-9(1)10-3-7-12-8-4-10;1-2/h1-8H;2H,1H3. The zero-order valence-corrected chi connectivity index (χ0v) is 7.96. The van der Waals surface area contributed by atoms with Gasteiger partial charge in [0.2, 0.25) is 0 Å². The minimum absolute atomic E-state index is 1.00. The molecule has 2 aromatic rings. The third-order valence-electron chi connectivity index (χ3n) is 1.69.